The highest BCUT2D eigenvalue weighted by atomic mass is 32.1. The van der Waals surface area contributed by atoms with Crippen molar-refractivity contribution in [3.63, 3.8) is 0 Å². The van der Waals surface area contributed by atoms with Crippen LogP contribution in [0.15, 0.2) is 37.0 Å². The maximum atomic E-state index is 5.46. The van der Waals surface area contributed by atoms with Crippen molar-refractivity contribution in [3.8, 4) is 0 Å². The summed E-state index contributed by atoms with van der Waals surface area (Å²) >= 11 is 1.81. The van der Waals surface area contributed by atoms with Crippen LogP contribution >= 0.6 is 11.3 Å². The number of hydrogen-bond acceptors (Lipinski definition) is 4. The first kappa shape index (κ1) is 14.7. The smallest absolute Gasteiger partial charge is 0.0938 e. The Morgan fingerprint density at radius 3 is 2.61 bits per heavy atom. The van der Waals surface area contributed by atoms with Gasteiger partial charge in [-0.15, -0.1) is 11.3 Å². The minimum absolute atomic E-state index is 0.805. The van der Waals surface area contributed by atoms with Gasteiger partial charge in [0.15, 0.2) is 0 Å². The number of nitrogens with two attached hydrogens (primary N) is 2. The molecule has 0 saturated heterocycles. The molecule has 0 radical (unpaired) electrons. The highest BCUT2D eigenvalue weighted by molar-refractivity contribution is 7.18. The third kappa shape index (κ3) is 4.85. The molecule has 1 heterocycles. The summed E-state index contributed by atoms with van der Waals surface area (Å²) in [5.74, 6) is 0. The Morgan fingerprint density at radius 2 is 1.94 bits per heavy atom. The van der Waals surface area contributed by atoms with Gasteiger partial charge in [0.25, 0.3) is 0 Å². The fraction of sp³-hybridized carbons (Fsp3) is 0.357. The fourth-order valence-electron chi connectivity index (χ4n) is 1.62. The molecule has 0 saturated carbocycles. The van der Waals surface area contributed by atoms with Gasteiger partial charge in [-0.1, -0.05) is 25.1 Å². The first-order valence-corrected chi connectivity index (χ1v) is 7.00. The van der Waals surface area contributed by atoms with Gasteiger partial charge in [0, 0.05) is 0 Å². The molecule has 0 fully saturated rings. The lowest BCUT2D eigenvalue weighted by molar-refractivity contribution is 0.685. The maximum Gasteiger partial charge on any atom is 0.0938 e. The molecule has 0 amide bonds. The second kappa shape index (κ2) is 8.66. The van der Waals surface area contributed by atoms with Gasteiger partial charge < -0.3 is 11.5 Å². The number of nitrogens with zero attached hydrogens (tertiary/aromatic N) is 1. The van der Waals surface area contributed by atoms with Crippen molar-refractivity contribution in [1.29, 1.82) is 0 Å². The van der Waals surface area contributed by atoms with Crippen LogP contribution in [0.2, 0.25) is 0 Å². The van der Waals surface area contributed by atoms with Crippen molar-refractivity contribution in [1.82, 2.24) is 4.98 Å². The van der Waals surface area contributed by atoms with E-state index in [1.54, 1.807) is 0 Å². The van der Waals surface area contributed by atoms with Crippen molar-refractivity contribution in [2.45, 2.75) is 25.7 Å². The van der Waals surface area contributed by atoms with Crippen molar-refractivity contribution < 1.29 is 0 Å². The van der Waals surface area contributed by atoms with Crippen molar-refractivity contribution >= 4 is 21.6 Å². The Balaban J connectivity index is 0.000000492. The van der Waals surface area contributed by atoms with Gasteiger partial charge >= 0.3 is 0 Å². The summed E-state index contributed by atoms with van der Waals surface area (Å²) in [7, 11) is 0. The number of rotatable bonds is 5. The molecule has 0 aliphatic rings. The van der Waals surface area contributed by atoms with E-state index in [-0.39, 0.29) is 0 Å². The van der Waals surface area contributed by atoms with E-state index in [0.29, 0.717) is 0 Å². The summed E-state index contributed by atoms with van der Waals surface area (Å²) in [5, 5.41) is 1.26. The number of hydrogen-bond donors (Lipinski definition) is 2. The number of aromatic nitrogens is 1. The monoisotopic (exact) mass is 263 g/mol. The summed E-state index contributed by atoms with van der Waals surface area (Å²) in [5.41, 5.74) is 11.2. The van der Waals surface area contributed by atoms with Crippen LogP contribution in [-0.4, -0.2) is 11.5 Å². The minimum Gasteiger partial charge on any atom is -0.405 e. The minimum atomic E-state index is 0.805. The molecule has 98 valence electrons. The molecule has 3 nitrogen and oxygen atoms in total. The quantitative estimate of drug-likeness (QED) is 0.815. The molecule has 0 spiro atoms. The second-order valence-corrected chi connectivity index (χ2v) is 5.03. The van der Waals surface area contributed by atoms with E-state index in [1.165, 1.54) is 28.7 Å². The molecule has 0 aliphatic carbocycles. The van der Waals surface area contributed by atoms with Crippen LogP contribution in [0.3, 0.4) is 0 Å². The highest BCUT2D eigenvalue weighted by Gasteiger charge is 2.01. The van der Waals surface area contributed by atoms with E-state index < -0.39 is 0 Å². The Kier molecular flexibility index (Phi) is 7.06. The predicted octanol–water partition coefficient (Wildman–Crippen LogP) is 3.06. The highest BCUT2D eigenvalue weighted by Crippen LogP contribution is 2.22. The molecule has 4 heteroatoms. The molecule has 2 aromatic rings. The third-order valence-electron chi connectivity index (χ3n) is 2.43. The van der Waals surface area contributed by atoms with Crippen LogP contribution in [0.1, 0.15) is 24.3 Å². The Hall–Kier alpha value is -1.39. The molecule has 0 unspecified atom stereocenters. The number of para-hydroxylation sites is 1. The standard InChI is InChI=1S/C12H16N2S.C2H5N/c13-9-5-1-2-8-12-14-10-6-3-4-7-11(10)15-12;1-2-3/h3-4,6-7H,1-2,5,8-9,13H2;2H,1,3H2. The van der Waals surface area contributed by atoms with E-state index in [0.717, 1.165) is 24.9 Å². The molecular weight excluding hydrogens is 242 g/mol. The molecule has 0 atom stereocenters. The summed E-state index contributed by atoms with van der Waals surface area (Å²) < 4.78 is 1.30. The van der Waals surface area contributed by atoms with Crippen LogP contribution < -0.4 is 11.5 Å². The van der Waals surface area contributed by atoms with Gasteiger partial charge in [-0.05, 0) is 44.1 Å². The molecular formula is C14H21N3S. The fourth-order valence-corrected chi connectivity index (χ4v) is 2.63. The second-order valence-electron chi connectivity index (χ2n) is 3.91. The van der Waals surface area contributed by atoms with Crippen LogP contribution in [-0.2, 0) is 6.42 Å². The number of unbranched alkanes of at least 4 members (excludes halogenated alkanes) is 2. The summed E-state index contributed by atoms with van der Waals surface area (Å²) in [6.07, 6.45) is 5.90. The lowest BCUT2D eigenvalue weighted by atomic mass is 10.2. The number of fused-ring (bicyclic) bond motifs is 1. The van der Waals surface area contributed by atoms with Crippen LogP contribution in [0, 0.1) is 0 Å². The Morgan fingerprint density at radius 1 is 1.22 bits per heavy atom. The largest absolute Gasteiger partial charge is 0.405 e. The predicted molar refractivity (Wildman–Crippen MR) is 80.6 cm³/mol. The zero-order valence-corrected chi connectivity index (χ0v) is 11.5. The normalized spacial score (nSPS) is 9.83. The molecule has 1 aromatic heterocycles. The summed E-state index contributed by atoms with van der Waals surface area (Å²) in [4.78, 5) is 4.60. The number of thiazole rings is 1. The van der Waals surface area contributed by atoms with E-state index in [9.17, 15) is 0 Å². The average Bonchev–Trinajstić information content (AvgIpc) is 2.78. The van der Waals surface area contributed by atoms with E-state index >= 15 is 0 Å². The van der Waals surface area contributed by atoms with E-state index in [1.807, 2.05) is 17.4 Å². The van der Waals surface area contributed by atoms with Gasteiger partial charge in [0.2, 0.25) is 0 Å². The Labute approximate surface area is 113 Å². The average molecular weight is 263 g/mol. The van der Waals surface area contributed by atoms with Gasteiger partial charge in [-0.3, -0.25) is 0 Å². The van der Waals surface area contributed by atoms with Crippen molar-refractivity contribution in [3.05, 3.63) is 42.1 Å². The molecule has 1 aromatic carbocycles. The summed E-state index contributed by atoms with van der Waals surface area (Å²) in [6.45, 7) is 3.94. The van der Waals surface area contributed by atoms with Gasteiger partial charge in [0.1, 0.15) is 0 Å². The Bertz CT molecular complexity index is 432. The molecule has 4 N–H and O–H groups in total. The molecule has 0 aliphatic heterocycles. The molecule has 2 rings (SSSR count). The third-order valence-corrected chi connectivity index (χ3v) is 3.53. The molecule has 18 heavy (non-hydrogen) atoms. The van der Waals surface area contributed by atoms with Crippen LogP contribution in [0.25, 0.3) is 10.2 Å². The van der Waals surface area contributed by atoms with Crippen LogP contribution in [0.4, 0.5) is 0 Å². The lowest BCUT2D eigenvalue weighted by Crippen LogP contribution is -1.98. The summed E-state index contributed by atoms with van der Waals surface area (Å²) in [6, 6.07) is 8.32. The van der Waals surface area contributed by atoms with Gasteiger partial charge in [-0.2, -0.15) is 0 Å². The van der Waals surface area contributed by atoms with Gasteiger partial charge in [-0.25, -0.2) is 4.98 Å². The van der Waals surface area contributed by atoms with E-state index in [4.69, 9.17) is 5.73 Å². The van der Waals surface area contributed by atoms with Crippen molar-refractivity contribution in [2.24, 2.45) is 11.5 Å². The first-order valence-electron chi connectivity index (χ1n) is 6.19. The SMILES string of the molecule is C=CN.NCCCCCc1nc2ccccc2s1. The number of benzene rings is 1. The van der Waals surface area contributed by atoms with Gasteiger partial charge in [0.05, 0.1) is 15.2 Å². The molecule has 0 bridgehead atoms. The zero-order chi connectivity index (χ0) is 13.2. The first-order chi connectivity index (χ1) is 8.81. The maximum absolute atomic E-state index is 5.46. The van der Waals surface area contributed by atoms with Crippen molar-refractivity contribution in [2.75, 3.05) is 6.54 Å². The van der Waals surface area contributed by atoms with Crippen LogP contribution in [0.5, 0.6) is 0 Å². The van der Waals surface area contributed by atoms with E-state index in [2.05, 4.69) is 35.5 Å². The zero-order valence-electron chi connectivity index (χ0n) is 10.6. The lowest BCUT2D eigenvalue weighted by Gasteiger charge is -1.95. The topological polar surface area (TPSA) is 64.9 Å². The number of aryl methyl sites for hydroxylation is 1.